The monoisotopic (exact) mass is 571 g/mol. The predicted molar refractivity (Wildman–Crippen MR) is 147 cm³/mol. The van der Waals surface area contributed by atoms with Gasteiger partial charge in [-0.05, 0) is 49.2 Å². The predicted octanol–water partition coefficient (Wildman–Crippen LogP) is 4.16. The Bertz CT molecular complexity index is 1660. The van der Waals surface area contributed by atoms with E-state index in [1.807, 2.05) is 6.92 Å². The minimum absolute atomic E-state index is 0.106. The minimum Gasteiger partial charge on any atom is -0.496 e. The number of allylic oxidation sites excluding steroid dienone is 1. The number of methoxy groups -OCH3 is 2. The van der Waals surface area contributed by atoms with Crippen LogP contribution in [-0.2, 0) is 9.53 Å². The maximum Gasteiger partial charge on any atom is 0.338 e. The Morgan fingerprint density at radius 2 is 1.90 bits per heavy atom. The van der Waals surface area contributed by atoms with Crippen LogP contribution in [0.2, 0.25) is 5.02 Å². The summed E-state index contributed by atoms with van der Waals surface area (Å²) in [6, 6.07) is 8.50. The number of thiazole rings is 1. The Balaban J connectivity index is 2.03. The van der Waals surface area contributed by atoms with Crippen molar-refractivity contribution in [3.63, 3.8) is 0 Å². The number of fused-ring (bicyclic) bond motifs is 1. The Hall–Kier alpha value is -3.96. The van der Waals surface area contributed by atoms with Crippen LogP contribution in [0.5, 0.6) is 11.5 Å². The highest BCUT2D eigenvalue weighted by atomic mass is 35.5. The normalized spacial score (nSPS) is 15.0. The lowest BCUT2D eigenvalue weighted by Gasteiger charge is -2.27. The number of nitro groups is 1. The van der Waals surface area contributed by atoms with Gasteiger partial charge in [0, 0.05) is 16.7 Å². The third kappa shape index (κ3) is 5.45. The second-order valence-corrected chi connectivity index (χ2v) is 9.93. The number of carbonyl (C=O) groups is 1. The number of nitro benzene ring substituents is 1. The van der Waals surface area contributed by atoms with Crippen molar-refractivity contribution in [2.75, 3.05) is 20.8 Å². The SMILES string of the molecule is CCCC1=C(C(=O)OCC)[C@H](c2cc(Cl)ccc2OC)n2c(s/c(=C/c3ccc(OC)c([N+](=O)[O-])c3)c2=O)=N1. The summed E-state index contributed by atoms with van der Waals surface area (Å²) in [6.07, 6.45) is 2.73. The molecule has 0 radical (unpaired) electrons. The molecule has 3 aromatic rings. The number of nitrogens with zero attached hydrogens (tertiary/aromatic N) is 3. The lowest BCUT2D eigenvalue weighted by atomic mass is 9.93. The van der Waals surface area contributed by atoms with E-state index in [9.17, 15) is 19.7 Å². The van der Waals surface area contributed by atoms with Crippen LogP contribution >= 0.6 is 22.9 Å². The third-order valence-electron chi connectivity index (χ3n) is 6.08. The number of aromatic nitrogens is 1. The zero-order chi connectivity index (χ0) is 28.3. The zero-order valence-electron chi connectivity index (χ0n) is 21.7. The molecular formula is C27H26ClN3O7S. The van der Waals surface area contributed by atoms with Gasteiger partial charge >= 0.3 is 11.7 Å². The van der Waals surface area contributed by atoms with Crippen molar-refractivity contribution in [3.8, 4) is 11.5 Å². The molecular weight excluding hydrogens is 546 g/mol. The van der Waals surface area contributed by atoms with E-state index in [0.29, 0.717) is 45.2 Å². The van der Waals surface area contributed by atoms with E-state index in [4.69, 9.17) is 30.8 Å². The first-order valence-corrected chi connectivity index (χ1v) is 13.3. The van der Waals surface area contributed by atoms with Gasteiger partial charge in [0.05, 0.1) is 41.6 Å². The molecule has 1 aliphatic heterocycles. The smallest absolute Gasteiger partial charge is 0.338 e. The topological polar surface area (TPSA) is 122 Å². The van der Waals surface area contributed by atoms with Gasteiger partial charge in [-0.25, -0.2) is 9.79 Å². The molecule has 0 fully saturated rings. The number of hydrogen-bond donors (Lipinski definition) is 0. The average Bonchev–Trinajstić information content (AvgIpc) is 3.22. The lowest BCUT2D eigenvalue weighted by molar-refractivity contribution is -0.385. The van der Waals surface area contributed by atoms with Gasteiger partial charge in [-0.3, -0.25) is 19.5 Å². The molecule has 0 saturated heterocycles. The maximum atomic E-state index is 13.9. The average molecular weight is 572 g/mol. The fourth-order valence-electron chi connectivity index (χ4n) is 4.42. The van der Waals surface area contributed by atoms with E-state index in [0.717, 1.165) is 11.3 Å². The Morgan fingerprint density at radius 3 is 2.54 bits per heavy atom. The molecule has 2 aromatic carbocycles. The summed E-state index contributed by atoms with van der Waals surface area (Å²) in [5.41, 5.74) is 1.03. The summed E-state index contributed by atoms with van der Waals surface area (Å²) in [5, 5.41) is 11.9. The molecule has 0 bridgehead atoms. The number of esters is 1. The van der Waals surface area contributed by atoms with E-state index in [2.05, 4.69) is 0 Å². The molecule has 0 aliphatic carbocycles. The van der Waals surface area contributed by atoms with Crippen LogP contribution in [0.1, 0.15) is 43.9 Å². The van der Waals surface area contributed by atoms with Crippen molar-refractivity contribution in [3.05, 3.63) is 93.6 Å². The van der Waals surface area contributed by atoms with E-state index in [-0.39, 0.29) is 28.1 Å². The first-order valence-electron chi connectivity index (χ1n) is 12.1. The van der Waals surface area contributed by atoms with Crippen LogP contribution in [-0.4, -0.2) is 36.3 Å². The molecule has 39 heavy (non-hydrogen) atoms. The number of benzene rings is 2. The van der Waals surface area contributed by atoms with Crippen LogP contribution < -0.4 is 24.4 Å². The zero-order valence-corrected chi connectivity index (χ0v) is 23.3. The standard InChI is InChI=1S/C27H26ClN3O7S/c1-5-7-18-23(26(33)38-6-2)24(17-14-16(28)9-11-20(17)36-3)30-25(32)22(39-27(30)29-18)13-15-8-10-21(37-4)19(12-15)31(34)35/h8-14,24H,5-7H2,1-4H3/b22-13+/t24-/m0/s1. The number of carbonyl (C=O) groups excluding carboxylic acids is 1. The van der Waals surface area contributed by atoms with Gasteiger partial charge in [0.1, 0.15) is 11.8 Å². The Kier molecular flexibility index (Phi) is 8.51. The van der Waals surface area contributed by atoms with Crippen LogP contribution in [0.3, 0.4) is 0 Å². The van der Waals surface area contributed by atoms with Gasteiger partial charge in [0.2, 0.25) is 0 Å². The van der Waals surface area contributed by atoms with E-state index in [1.165, 1.54) is 30.9 Å². The molecule has 0 amide bonds. The Labute approximate surface area is 232 Å². The molecule has 12 heteroatoms. The number of hydrogen-bond acceptors (Lipinski definition) is 9. The largest absolute Gasteiger partial charge is 0.496 e. The second-order valence-electron chi connectivity index (χ2n) is 8.49. The van der Waals surface area contributed by atoms with E-state index in [1.54, 1.807) is 37.3 Å². The highest BCUT2D eigenvalue weighted by molar-refractivity contribution is 7.07. The fraction of sp³-hybridized carbons (Fsp3) is 0.296. The molecule has 0 unspecified atom stereocenters. The first-order chi connectivity index (χ1) is 18.7. The van der Waals surface area contributed by atoms with Crippen LogP contribution in [0.15, 0.2) is 57.5 Å². The quantitative estimate of drug-likeness (QED) is 0.215. The number of halogens is 1. The van der Waals surface area contributed by atoms with Crippen LogP contribution in [0.25, 0.3) is 6.08 Å². The number of ether oxygens (including phenoxy) is 3. The van der Waals surface area contributed by atoms with Gasteiger partial charge in [0.15, 0.2) is 10.6 Å². The van der Waals surface area contributed by atoms with E-state index < -0.39 is 22.5 Å². The molecule has 2 heterocycles. The highest BCUT2D eigenvalue weighted by Crippen LogP contribution is 2.38. The number of rotatable bonds is 9. The summed E-state index contributed by atoms with van der Waals surface area (Å²) in [6.45, 7) is 3.81. The van der Waals surface area contributed by atoms with Crippen molar-refractivity contribution in [2.45, 2.75) is 32.7 Å². The highest BCUT2D eigenvalue weighted by Gasteiger charge is 2.36. The Morgan fingerprint density at radius 1 is 1.18 bits per heavy atom. The maximum absolute atomic E-state index is 13.9. The van der Waals surface area contributed by atoms with Crippen molar-refractivity contribution in [1.29, 1.82) is 0 Å². The molecule has 1 aliphatic rings. The van der Waals surface area contributed by atoms with E-state index >= 15 is 0 Å². The molecule has 1 aromatic heterocycles. The summed E-state index contributed by atoms with van der Waals surface area (Å²) < 4.78 is 17.8. The van der Waals surface area contributed by atoms with Crippen LogP contribution in [0, 0.1) is 10.1 Å². The minimum atomic E-state index is -0.914. The van der Waals surface area contributed by atoms with Crippen molar-refractivity contribution < 1.29 is 23.9 Å². The summed E-state index contributed by atoms with van der Waals surface area (Å²) >= 11 is 7.48. The molecule has 204 valence electrons. The third-order valence-corrected chi connectivity index (χ3v) is 7.29. The summed E-state index contributed by atoms with van der Waals surface area (Å²) in [7, 11) is 2.84. The summed E-state index contributed by atoms with van der Waals surface area (Å²) in [4.78, 5) is 43.3. The molecule has 0 saturated carbocycles. The molecule has 10 nitrogen and oxygen atoms in total. The fourth-order valence-corrected chi connectivity index (χ4v) is 5.63. The van der Waals surface area contributed by atoms with Crippen LogP contribution in [0.4, 0.5) is 5.69 Å². The lowest BCUT2D eigenvalue weighted by Crippen LogP contribution is -2.40. The van der Waals surface area contributed by atoms with Gasteiger partial charge in [-0.15, -0.1) is 0 Å². The van der Waals surface area contributed by atoms with Gasteiger partial charge < -0.3 is 14.2 Å². The molecule has 0 N–H and O–H groups in total. The first kappa shape index (κ1) is 28.1. The molecule has 4 rings (SSSR count). The van der Waals surface area contributed by atoms with Gasteiger partial charge in [-0.1, -0.05) is 42.3 Å². The van der Waals surface area contributed by atoms with Crippen molar-refractivity contribution in [1.82, 2.24) is 4.57 Å². The molecule has 0 spiro atoms. The van der Waals surface area contributed by atoms with Crippen molar-refractivity contribution >= 4 is 40.7 Å². The van der Waals surface area contributed by atoms with Gasteiger partial charge in [0.25, 0.3) is 5.56 Å². The molecule has 1 atom stereocenters. The summed E-state index contributed by atoms with van der Waals surface area (Å²) in [5.74, 6) is -0.0453. The van der Waals surface area contributed by atoms with Gasteiger partial charge in [-0.2, -0.15) is 0 Å². The van der Waals surface area contributed by atoms with Crippen molar-refractivity contribution in [2.24, 2.45) is 4.99 Å². The second kappa shape index (κ2) is 11.8.